The molecule has 0 saturated heterocycles. The van der Waals surface area contributed by atoms with E-state index < -0.39 is 11.3 Å². The van der Waals surface area contributed by atoms with Crippen LogP contribution in [0.5, 0.6) is 0 Å². The van der Waals surface area contributed by atoms with Crippen molar-refractivity contribution < 1.29 is 18.4 Å². The lowest BCUT2D eigenvalue weighted by molar-refractivity contribution is 0.0654. The maximum Gasteiger partial charge on any atom is 0.261 e. The van der Waals surface area contributed by atoms with E-state index >= 15 is 0 Å². The number of hydrogen-bond acceptors (Lipinski definition) is 4. The summed E-state index contributed by atoms with van der Waals surface area (Å²) in [7, 11) is 2.92. The maximum atomic E-state index is 11.7. The van der Waals surface area contributed by atoms with Crippen molar-refractivity contribution in [2.45, 2.75) is 13.3 Å². The Kier molecular flexibility index (Phi) is 6.00. The van der Waals surface area contributed by atoms with Crippen LogP contribution in [0.1, 0.15) is 34.1 Å². The van der Waals surface area contributed by atoms with E-state index in [0.717, 1.165) is 10.7 Å². The molecule has 20 heavy (non-hydrogen) atoms. The number of carbonyl (C=O) groups excluding carboxylic acids is 2. The highest BCUT2D eigenvalue weighted by Gasteiger charge is 2.33. The van der Waals surface area contributed by atoms with Gasteiger partial charge >= 0.3 is 0 Å². The number of fused-ring (bicyclic) bond motifs is 1. The monoisotopic (exact) mass is 297 g/mol. The zero-order chi connectivity index (χ0) is 15.3. The fourth-order valence-corrected chi connectivity index (χ4v) is 1.67. The van der Waals surface area contributed by atoms with E-state index in [1.165, 1.54) is 19.0 Å². The summed E-state index contributed by atoms with van der Waals surface area (Å²) in [4.78, 5) is 24.7. The van der Waals surface area contributed by atoms with E-state index in [0.29, 0.717) is 17.7 Å². The Morgan fingerprint density at radius 3 is 1.85 bits per heavy atom. The number of hydrogen-bond donors (Lipinski definition) is 0. The van der Waals surface area contributed by atoms with Crippen LogP contribution in [0.25, 0.3) is 0 Å². The molecule has 0 saturated carbocycles. The number of nitrogens with zero attached hydrogens (tertiary/aromatic N) is 2. The number of benzene rings is 1. The number of rotatable bonds is 3. The summed E-state index contributed by atoms with van der Waals surface area (Å²) < 4.78 is 20.3. The molecule has 0 radical (unpaired) electrons. The molecule has 0 fully saturated rings. The lowest BCUT2D eigenvalue weighted by atomic mass is 10.1. The minimum atomic E-state index is -2.03. The van der Waals surface area contributed by atoms with Gasteiger partial charge in [0.1, 0.15) is 0 Å². The van der Waals surface area contributed by atoms with Gasteiger partial charge in [-0.15, -0.1) is 0 Å². The first kappa shape index (κ1) is 16.5. The van der Waals surface area contributed by atoms with Gasteiger partial charge < -0.3 is 4.55 Å². The van der Waals surface area contributed by atoms with Crippen LogP contribution in [-0.2, 0) is 11.3 Å². The third kappa shape index (κ3) is 3.72. The van der Waals surface area contributed by atoms with Crippen LogP contribution in [0.3, 0.4) is 0 Å². The summed E-state index contributed by atoms with van der Waals surface area (Å²) in [5.74, 6) is -0.320. The molecule has 1 unspecified atom stereocenters. The summed E-state index contributed by atoms with van der Waals surface area (Å²) in [5.41, 5.74) is 1.07. The van der Waals surface area contributed by atoms with Gasteiger partial charge in [0.15, 0.2) is 0 Å². The molecule has 0 spiro atoms. The Morgan fingerprint density at radius 2 is 1.55 bits per heavy atom. The van der Waals surface area contributed by atoms with Crippen LogP contribution >= 0.6 is 0 Å². The van der Waals surface area contributed by atoms with Gasteiger partial charge in [-0.25, -0.2) is 4.31 Å². The van der Waals surface area contributed by atoms with Gasteiger partial charge in [-0.1, -0.05) is 19.1 Å². The topological polar surface area (TPSA) is 80.8 Å². The zero-order valence-corrected chi connectivity index (χ0v) is 12.5. The van der Waals surface area contributed by atoms with Crippen molar-refractivity contribution in [2.24, 2.45) is 0 Å². The van der Waals surface area contributed by atoms with Crippen LogP contribution in [0.15, 0.2) is 24.3 Å². The summed E-state index contributed by atoms with van der Waals surface area (Å²) >= 11 is -2.03. The highest BCUT2D eigenvalue weighted by molar-refractivity contribution is 7.76. The largest absolute Gasteiger partial charge is 0.760 e. The van der Waals surface area contributed by atoms with Crippen LogP contribution in [0.4, 0.5) is 0 Å². The van der Waals surface area contributed by atoms with Gasteiger partial charge in [0.2, 0.25) is 0 Å². The molecule has 1 aromatic rings. The normalized spacial score (nSPS) is 14.9. The van der Waals surface area contributed by atoms with Gasteiger partial charge in [0, 0.05) is 17.8 Å². The molecule has 0 N–H and O–H groups in total. The molecule has 0 aromatic heterocycles. The fourth-order valence-electron chi connectivity index (χ4n) is 1.67. The Hall–Kier alpha value is -1.57. The Balaban J connectivity index is 0.000000286. The molecule has 0 aliphatic carbocycles. The predicted molar refractivity (Wildman–Crippen MR) is 74.7 cm³/mol. The van der Waals surface area contributed by atoms with Gasteiger partial charge in [-0.3, -0.25) is 18.7 Å². The van der Waals surface area contributed by atoms with Crippen molar-refractivity contribution in [3.8, 4) is 0 Å². The first-order valence-electron chi connectivity index (χ1n) is 6.12. The number of carbonyl (C=O) groups is 2. The lowest BCUT2D eigenvalue weighted by Crippen LogP contribution is -2.30. The predicted octanol–water partition coefficient (Wildman–Crippen LogP) is 1.03. The molecule has 7 heteroatoms. The molecular weight excluding hydrogens is 280 g/mol. The molecule has 2 amide bonds. The third-order valence-corrected chi connectivity index (χ3v) is 3.22. The highest BCUT2D eigenvalue weighted by Crippen LogP contribution is 2.22. The Labute approximate surface area is 120 Å². The molecule has 2 rings (SSSR count). The van der Waals surface area contributed by atoms with Crippen molar-refractivity contribution in [3.05, 3.63) is 35.4 Å². The summed E-state index contributed by atoms with van der Waals surface area (Å²) in [5, 5.41) is 0. The second-order valence-electron chi connectivity index (χ2n) is 4.34. The minimum absolute atomic E-state index is 0.160. The first-order chi connectivity index (χ1) is 9.40. The number of amides is 2. The average molecular weight is 297 g/mol. The smallest absolute Gasteiger partial charge is 0.261 e. The molecule has 1 heterocycles. The summed E-state index contributed by atoms with van der Waals surface area (Å²) in [6.45, 7) is 2.45. The quantitative estimate of drug-likeness (QED) is 0.616. The molecule has 1 aliphatic rings. The van der Waals surface area contributed by atoms with Crippen LogP contribution in [0.2, 0.25) is 0 Å². The highest BCUT2D eigenvalue weighted by atomic mass is 32.2. The van der Waals surface area contributed by atoms with Gasteiger partial charge in [0.25, 0.3) is 11.8 Å². The van der Waals surface area contributed by atoms with E-state index in [-0.39, 0.29) is 11.8 Å². The summed E-state index contributed by atoms with van der Waals surface area (Å²) in [6.07, 6.45) is 0.797. The Bertz CT molecular complexity index is 496. The molecule has 1 aliphatic heterocycles. The second-order valence-corrected chi connectivity index (χ2v) is 5.50. The van der Waals surface area contributed by atoms with E-state index in [1.54, 1.807) is 24.3 Å². The van der Waals surface area contributed by atoms with Gasteiger partial charge in [-0.2, -0.15) is 0 Å². The molecule has 1 atom stereocenters. The number of imide groups is 1. The maximum absolute atomic E-state index is 11.7. The average Bonchev–Trinajstić information content (AvgIpc) is 2.66. The molecule has 1 aromatic carbocycles. The van der Waals surface area contributed by atoms with Gasteiger partial charge in [0.05, 0.1) is 11.1 Å². The van der Waals surface area contributed by atoms with E-state index in [9.17, 15) is 18.4 Å². The molecule has 110 valence electrons. The summed E-state index contributed by atoms with van der Waals surface area (Å²) in [6, 6.07) is 6.95. The van der Waals surface area contributed by atoms with Crippen molar-refractivity contribution >= 4 is 23.1 Å². The van der Waals surface area contributed by atoms with E-state index in [1.807, 2.05) is 6.92 Å². The van der Waals surface area contributed by atoms with Crippen molar-refractivity contribution in [1.82, 2.24) is 9.21 Å². The fraction of sp³-hybridized carbons (Fsp3) is 0.385. The van der Waals surface area contributed by atoms with Crippen LogP contribution in [0, 0.1) is 0 Å². The van der Waals surface area contributed by atoms with Crippen LogP contribution < -0.4 is 0 Å². The van der Waals surface area contributed by atoms with Crippen molar-refractivity contribution in [1.29, 1.82) is 0 Å². The standard InChI is InChI=1S/C11H11NO2.C2H7NO2S/c1-2-7-12-10(13)8-5-3-4-6-9(8)11(12)14;1-3(2)6(4)5/h3-6H,2,7H2,1H3;1-2H3,(H,4,5)/p-1. The van der Waals surface area contributed by atoms with Crippen molar-refractivity contribution in [3.63, 3.8) is 0 Å². The SMILES string of the molecule is CCCN1C(=O)c2ccccc2C1=O.CN(C)S(=O)[O-]. The minimum Gasteiger partial charge on any atom is -0.760 e. The molecule has 0 bridgehead atoms. The third-order valence-electron chi connectivity index (χ3n) is 2.62. The zero-order valence-electron chi connectivity index (χ0n) is 11.7. The van der Waals surface area contributed by atoms with Crippen molar-refractivity contribution in [2.75, 3.05) is 20.6 Å². The molecule has 6 nitrogen and oxygen atoms in total. The molecular formula is C13H17N2O4S-. The Morgan fingerprint density at radius 1 is 1.15 bits per heavy atom. The van der Waals surface area contributed by atoms with Crippen LogP contribution in [-0.4, -0.2) is 50.4 Å². The second kappa shape index (κ2) is 7.28. The lowest BCUT2D eigenvalue weighted by Gasteiger charge is -2.11. The van der Waals surface area contributed by atoms with E-state index in [2.05, 4.69) is 0 Å². The van der Waals surface area contributed by atoms with Gasteiger partial charge in [-0.05, 0) is 32.6 Å². The van der Waals surface area contributed by atoms with E-state index in [4.69, 9.17) is 0 Å². The first-order valence-corrected chi connectivity index (χ1v) is 7.15.